The van der Waals surface area contributed by atoms with E-state index in [-0.39, 0.29) is 17.3 Å². The first kappa shape index (κ1) is 17.4. The Hall–Kier alpha value is -2.00. The molecule has 0 aliphatic carbocycles. The second-order valence-electron chi connectivity index (χ2n) is 6.60. The second kappa shape index (κ2) is 6.63. The predicted molar refractivity (Wildman–Crippen MR) is 88.6 cm³/mol. The number of halogens is 1. The van der Waals surface area contributed by atoms with Crippen molar-refractivity contribution >= 4 is 23.5 Å². The van der Waals surface area contributed by atoms with Gasteiger partial charge in [0.15, 0.2) is 0 Å². The molecule has 0 spiro atoms. The molecule has 23 heavy (non-hydrogen) atoms. The van der Waals surface area contributed by atoms with Crippen LogP contribution in [0.4, 0.5) is 10.6 Å². The largest absolute Gasteiger partial charge is 0.444 e. The van der Waals surface area contributed by atoms with Crippen LogP contribution in [0.5, 0.6) is 0 Å². The molecule has 0 aromatic carbocycles. The van der Waals surface area contributed by atoms with Gasteiger partial charge in [-0.1, -0.05) is 11.6 Å². The predicted octanol–water partition coefficient (Wildman–Crippen LogP) is 3.05. The summed E-state index contributed by atoms with van der Waals surface area (Å²) in [6, 6.07) is 5.55. The van der Waals surface area contributed by atoms with Crippen molar-refractivity contribution in [3.63, 3.8) is 0 Å². The summed E-state index contributed by atoms with van der Waals surface area (Å²) in [5, 5.41) is 9.10. The Morgan fingerprint density at radius 3 is 2.78 bits per heavy atom. The molecule has 1 aromatic rings. The molecule has 6 nitrogen and oxygen atoms in total. The molecule has 0 N–H and O–H groups in total. The van der Waals surface area contributed by atoms with Crippen molar-refractivity contribution < 1.29 is 9.53 Å². The van der Waals surface area contributed by atoms with Crippen molar-refractivity contribution in [2.75, 3.05) is 25.0 Å². The Morgan fingerprint density at radius 1 is 1.52 bits per heavy atom. The Kier molecular flexibility index (Phi) is 5.00. The molecule has 1 fully saturated rings. The lowest BCUT2D eigenvalue weighted by Gasteiger charge is -2.27. The first-order chi connectivity index (χ1) is 10.7. The fourth-order valence-electron chi connectivity index (χ4n) is 2.44. The highest BCUT2D eigenvalue weighted by Gasteiger charge is 2.32. The SMILES string of the molecule is CN(c1ccc(C#N)c(Cl)n1)C1CCN(C(=O)OC(C)(C)C)C1. The van der Waals surface area contributed by atoms with Gasteiger partial charge in [-0.2, -0.15) is 5.26 Å². The smallest absolute Gasteiger partial charge is 0.410 e. The highest BCUT2D eigenvalue weighted by molar-refractivity contribution is 6.30. The zero-order valence-electron chi connectivity index (χ0n) is 13.8. The summed E-state index contributed by atoms with van der Waals surface area (Å²) in [7, 11) is 1.91. The number of nitrogens with zero attached hydrogens (tertiary/aromatic N) is 4. The van der Waals surface area contributed by atoms with Crippen LogP contribution < -0.4 is 4.90 Å². The number of aromatic nitrogens is 1. The maximum Gasteiger partial charge on any atom is 0.410 e. The van der Waals surface area contributed by atoms with E-state index in [1.165, 1.54) is 0 Å². The molecule has 1 aromatic heterocycles. The molecule has 0 saturated carbocycles. The molecular formula is C16H21ClN4O2. The van der Waals surface area contributed by atoms with Crippen LogP contribution in [0.2, 0.25) is 5.15 Å². The minimum atomic E-state index is -0.497. The van der Waals surface area contributed by atoms with Gasteiger partial charge in [-0.25, -0.2) is 9.78 Å². The number of carbonyl (C=O) groups excluding carboxylic acids is 1. The van der Waals surface area contributed by atoms with Crippen molar-refractivity contribution in [1.82, 2.24) is 9.88 Å². The lowest BCUT2D eigenvalue weighted by molar-refractivity contribution is 0.0292. The van der Waals surface area contributed by atoms with Crippen LogP contribution in [0, 0.1) is 11.3 Å². The number of hydrogen-bond donors (Lipinski definition) is 0. The van der Waals surface area contributed by atoms with E-state index < -0.39 is 5.60 Å². The van der Waals surface area contributed by atoms with Crippen LogP contribution in [0.1, 0.15) is 32.8 Å². The molecule has 1 aliphatic rings. The molecule has 7 heteroatoms. The first-order valence-electron chi connectivity index (χ1n) is 7.48. The molecule has 0 radical (unpaired) electrons. The topological polar surface area (TPSA) is 69.5 Å². The zero-order valence-corrected chi connectivity index (χ0v) is 14.6. The number of nitriles is 1. The van der Waals surface area contributed by atoms with Crippen LogP contribution in [0.25, 0.3) is 0 Å². The summed E-state index contributed by atoms with van der Waals surface area (Å²) < 4.78 is 5.40. The van der Waals surface area contributed by atoms with Crippen LogP contribution in [-0.4, -0.2) is 47.8 Å². The average Bonchev–Trinajstić information content (AvgIpc) is 2.94. The first-order valence-corrected chi connectivity index (χ1v) is 7.86. The van der Waals surface area contributed by atoms with Gasteiger partial charge >= 0.3 is 6.09 Å². The highest BCUT2D eigenvalue weighted by Crippen LogP contribution is 2.24. The number of rotatable bonds is 2. The van der Waals surface area contributed by atoms with E-state index in [9.17, 15) is 4.79 Å². The highest BCUT2D eigenvalue weighted by atomic mass is 35.5. The summed E-state index contributed by atoms with van der Waals surface area (Å²) in [6.07, 6.45) is 0.536. The minimum absolute atomic E-state index is 0.138. The molecule has 1 aliphatic heterocycles. The van der Waals surface area contributed by atoms with E-state index in [0.29, 0.717) is 24.5 Å². The Morgan fingerprint density at radius 2 is 2.22 bits per heavy atom. The number of pyridine rings is 1. The van der Waals surface area contributed by atoms with Gasteiger partial charge in [0, 0.05) is 26.2 Å². The minimum Gasteiger partial charge on any atom is -0.444 e. The van der Waals surface area contributed by atoms with Crippen LogP contribution in [-0.2, 0) is 4.74 Å². The summed E-state index contributed by atoms with van der Waals surface area (Å²) in [4.78, 5) is 20.1. The third-order valence-corrected chi connectivity index (χ3v) is 3.97. The number of likely N-dealkylation sites (N-methyl/N-ethyl adjacent to an activating group) is 1. The van der Waals surface area contributed by atoms with Crippen molar-refractivity contribution in [1.29, 1.82) is 5.26 Å². The molecule has 0 bridgehead atoms. The molecule has 1 unspecified atom stereocenters. The van der Waals surface area contributed by atoms with Crippen LogP contribution >= 0.6 is 11.6 Å². The van der Waals surface area contributed by atoms with Gasteiger partial charge in [0.2, 0.25) is 0 Å². The number of carbonyl (C=O) groups is 1. The number of anilines is 1. The molecule has 2 rings (SSSR count). The summed E-state index contributed by atoms with van der Waals surface area (Å²) in [6.45, 7) is 6.78. The average molecular weight is 337 g/mol. The van der Waals surface area contributed by atoms with Gasteiger partial charge in [-0.05, 0) is 39.3 Å². The van der Waals surface area contributed by atoms with E-state index in [0.717, 1.165) is 6.42 Å². The van der Waals surface area contributed by atoms with Gasteiger partial charge in [-0.3, -0.25) is 0 Å². The zero-order chi connectivity index (χ0) is 17.2. The monoisotopic (exact) mass is 336 g/mol. The van der Waals surface area contributed by atoms with E-state index in [1.807, 2.05) is 38.8 Å². The van der Waals surface area contributed by atoms with Crippen LogP contribution in [0.3, 0.4) is 0 Å². The summed E-state index contributed by atoms with van der Waals surface area (Å²) in [5.74, 6) is 0.685. The van der Waals surface area contributed by atoms with E-state index in [2.05, 4.69) is 4.98 Å². The Bertz CT molecular complexity index is 636. The molecule has 1 amide bonds. The summed E-state index contributed by atoms with van der Waals surface area (Å²) >= 11 is 5.99. The standard InChI is InChI=1S/C16H21ClN4O2/c1-16(2,3)23-15(22)21-8-7-12(10-21)20(4)13-6-5-11(9-18)14(17)19-13/h5-6,12H,7-8,10H2,1-4H3. The maximum absolute atomic E-state index is 12.1. The molecule has 2 heterocycles. The molecule has 1 atom stereocenters. The lowest BCUT2D eigenvalue weighted by atomic mass is 10.2. The van der Waals surface area contributed by atoms with Crippen molar-refractivity contribution in [2.24, 2.45) is 0 Å². The number of likely N-dealkylation sites (tertiary alicyclic amines) is 1. The quantitative estimate of drug-likeness (QED) is 0.776. The van der Waals surface area contributed by atoms with E-state index in [1.54, 1.807) is 17.0 Å². The van der Waals surface area contributed by atoms with Gasteiger partial charge in [0.05, 0.1) is 5.56 Å². The normalized spacial score (nSPS) is 17.7. The van der Waals surface area contributed by atoms with Crippen molar-refractivity contribution in [3.8, 4) is 6.07 Å². The number of hydrogen-bond acceptors (Lipinski definition) is 5. The lowest BCUT2D eigenvalue weighted by Crippen LogP contribution is -2.39. The molecular weight excluding hydrogens is 316 g/mol. The molecule has 124 valence electrons. The summed E-state index contributed by atoms with van der Waals surface area (Å²) in [5.41, 5.74) is -0.144. The Labute approximate surface area is 141 Å². The number of amides is 1. The fourth-order valence-corrected chi connectivity index (χ4v) is 2.63. The van der Waals surface area contributed by atoms with Gasteiger partial charge < -0.3 is 14.5 Å². The van der Waals surface area contributed by atoms with Crippen LogP contribution in [0.15, 0.2) is 12.1 Å². The van der Waals surface area contributed by atoms with Crippen molar-refractivity contribution in [2.45, 2.75) is 38.8 Å². The Balaban J connectivity index is 2.02. The van der Waals surface area contributed by atoms with E-state index in [4.69, 9.17) is 21.6 Å². The third kappa shape index (κ3) is 4.26. The van der Waals surface area contributed by atoms with E-state index >= 15 is 0 Å². The number of ether oxygens (including phenoxy) is 1. The third-order valence-electron chi connectivity index (χ3n) is 3.68. The van der Waals surface area contributed by atoms with Crippen molar-refractivity contribution in [3.05, 3.63) is 22.8 Å². The fraction of sp³-hybridized carbons (Fsp3) is 0.562. The maximum atomic E-state index is 12.1. The van der Waals surface area contributed by atoms with Gasteiger partial charge in [0.1, 0.15) is 22.6 Å². The van der Waals surface area contributed by atoms with Gasteiger partial charge in [-0.15, -0.1) is 0 Å². The van der Waals surface area contributed by atoms with Gasteiger partial charge in [0.25, 0.3) is 0 Å². The second-order valence-corrected chi connectivity index (χ2v) is 6.96. The molecule has 1 saturated heterocycles.